The van der Waals surface area contributed by atoms with Crippen molar-refractivity contribution in [3.63, 3.8) is 0 Å². The predicted molar refractivity (Wildman–Crippen MR) is 85.3 cm³/mol. The number of halogens is 1. The van der Waals surface area contributed by atoms with Gasteiger partial charge in [-0.05, 0) is 43.7 Å². The maximum Gasteiger partial charge on any atom is 0.220 e. The Hall–Kier alpha value is -0.320. The minimum Gasteiger partial charge on any atom is -0.379 e. The van der Waals surface area contributed by atoms with Crippen LogP contribution >= 0.6 is 12.4 Å². The molecule has 0 spiro atoms. The molecule has 1 heterocycles. The van der Waals surface area contributed by atoms with Gasteiger partial charge in [-0.1, -0.05) is 20.8 Å². The number of methoxy groups -OCH3 is 1. The van der Waals surface area contributed by atoms with Crippen molar-refractivity contribution in [2.75, 3.05) is 26.7 Å². The van der Waals surface area contributed by atoms with Gasteiger partial charge in [0, 0.05) is 20.1 Å². The first-order valence-corrected chi connectivity index (χ1v) is 7.54. The van der Waals surface area contributed by atoms with Crippen LogP contribution in [-0.4, -0.2) is 38.8 Å². The molecule has 0 aromatic carbocycles. The van der Waals surface area contributed by atoms with Gasteiger partial charge >= 0.3 is 0 Å². The zero-order valence-electron chi connectivity index (χ0n) is 13.3. The summed E-state index contributed by atoms with van der Waals surface area (Å²) in [5, 5.41) is 6.37. The lowest BCUT2D eigenvalue weighted by Gasteiger charge is -2.28. The lowest BCUT2D eigenvalue weighted by atomic mass is 9.84. The van der Waals surface area contributed by atoms with Gasteiger partial charge in [-0.15, -0.1) is 12.4 Å². The van der Waals surface area contributed by atoms with Crippen molar-refractivity contribution in [3.8, 4) is 0 Å². The Balaban J connectivity index is 0.00000361. The van der Waals surface area contributed by atoms with E-state index in [1.54, 1.807) is 7.11 Å². The van der Waals surface area contributed by atoms with Crippen LogP contribution in [-0.2, 0) is 9.53 Å². The Morgan fingerprint density at radius 2 is 1.90 bits per heavy atom. The van der Waals surface area contributed by atoms with Crippen molar-refractivity contribution in [3.05, 3.63) is 0 Å². The number of rotatable bonds is 7. The molecule has 2 unspecified atom stereocenters. The lowest BCUT2D eigenvalue weighted by Crippen LogP contribution is -2.38. The molecule has 2 N–H and O–H groups in total. The van der Waals surface area contributed by atoms with Gasteiger partial charge < -0.3 is 15.4 Å². The first-order valence-electron chi connectivity index (χ1n) is 7.54. The van der Waals surface area contributed by atoms with Crippen molar-refractivity contribution in [2.45, 2.75) is 46.1 Å². The molecule has 4 nitrogen and oxygen atoms in total. The highest BCUT2D eigenvalue weighted by atomic mass is 35.5. The first kappa shape index (κ1) is 19.7. The van der Waals surface area contributed by atoms with Crippen LogP contribution in [0.1, 0.15) is 40.0 Å². The summed E-state index contributed by atoms with van der Waals surface area (Å²) in [4.78, 5) is 12.0. The van der Waals surface area contributed by atoms with E-state index in [2.05, 4.69) is 31.4 Å². The summed E-state index contributed by atoms with van der Waals surface area (Å²) >= 11 is 0. The largest absolute Gasteiger partial charge is 0.379 e. The van der Waals surface area contributed by atoms with E-state index in [0.717, 1.165) is 13.1 Å². The molecule has 0 bridgehead atoms. The molecule has 0 aromatic rings. The summed E-state index contributed by atoms with van der Waals surface area (Å²) < 4.78 is 5.36. The zero-order chi connectivity index (χ0) is 14.3. The van der Waals surface area contributed by atoms with Crippen LogP contribution in [0.5, 0.6) is 0 Å². The van der Waals surface area contributed by atoms with E-state index in [-0.39, 0.29) is 24.4 Å². The molecule has 1 saturated heterocycles. The van der Waals surface area contributed by atoms with Crippen molar-refractivity contribution >= 4 is 18.3 Å². The zero-order valence-corrected chi connectivity index (χ0v) is 14.1. The van der Waals surface area contributed by atoms with Crippen molar-refractivity contribution < 1.29 is 9.53 Å². The number of ether oxygens (including phenoxy) is 1. The average Bonchev–Trinajstić information content (AvgIpc) is 2.40. The highest BCUT2D eigenvalue weighted by Crippen LogP contribution is 2.24. The average molecular weight is 307 g/mol. The molecule has 1 aliphatic rings. The molecule has 1 aliphatic heterocycles. The number of carbonyl (C=O) groups is 1. The van der Waals surface area contributed by atoms with E-state index in [1.807, 2.05) is 0 Å². The maximum absolute atomic E-state index is 12.0. The Labute approximate surface area is 129 Å². The standard InChI is InChI=1S/C15H30N2O2.ClH/c1-11(2)14(19-4)10-17-15(18)9-12(3)13-5-7-16-8-6-13;/h11-14,16H,5-10H2,1-4H3,(H,17,18);1H. The molecular formula is C15H31ClN2O2. The summed E-state index contributed by atoms with van der Waals surface area (Å²) in [6.45, 7) is 9.22. The van der Waals surface area contributed by atoms with Gasteiger partial charge in [-0.25, -0.2) is 0 Å². The summed E-state index contributed by atoms with van der Waals surface area (Å²) in [6, 6.07) is 0. The second-order valence-electron chi connectivity index (χ2n) is 6.09. The Bertz CT molecular complexity index is 269. The molecule has 0 radical (unpaired) electrons. The van der Waals surface area contributed by atoms with Gasteiger partial charge in [-0.3, -0.25) is 4.79 Å². The fraction of sp³-hybridized carbons (Fsp3) is 0.933. The second-order valence-corrected chi connectivity index (χ2v) is 6.09. The lowest BCUT2D eigenvalue weighted by molar-refractivity contribution is -0.123. The quantitative estimate of drug-likeness (QED) is 0.758. The van der Waals surface area contributed by atoms with Crippen molar-refractivity contribution in [1.82, 2.24) is 10.6 Å². The van der Waals surface area contributed by atoms with Crippen molar-refractivity contribution in [1.29, 1.82) is 0 Å². The monoisotopic (exact) mass is 306 g/mol. The van der Waals surface area contributed by atoms with Crippen molar-refractivity contribution in [2.24, 2.45) is 17.8 Å². The minimum atomic E-state index is 0. The van der Waals surface area contributed by atoms with E-state index in [1.165, 1.54) is 12.8 Å². The number of hydrogen-bond acceptors (Lipinski definition) is 3. The summed E-state index contributed by atoms with van der Waals surface area (Å²) in [6.07, 6.45) is 3.14. The normalized spacial score (nSPS) is 19.2. The van der Waals surface area contributed by atoms with Crippen LogP contribution in [0.3, 0.4) is 0 Å². The Morgan fingerprint density at radius 1 is 1.30 bits per heavy atom. The smallest absolute Gasteiger partial charge is 0.220 e. The molecule has 1 rings (SSSR count). The van der Waals surface area contributed by atoms with Crippen LogP contribution in [0.15, 0.2) is 0 Å². The number of nitrogens with one attached hydrogen (secondary N) is 2. The van der Waals surface area contributed by atoms with Crippen LogP contribution in [0, 0.1) is 17.8 Å². The number of hydrogen-bond donors (Lipinski definition) is 2. The number of carbonyl (C=O) groups excluding carboxylic acids is 1. The third-order valence-corrected chi connectivity index (χ3v) is 4.24. The molecule has 0 aliphatic carbocycles. The van der Waals surface area contributed by atoms with E-state index >= 15 is 0 Å². The number of piperidine rings is 1. The minimum absolute atomic E-state index is 0. The van der Waals surface area contributed by atoms with Gasteiger partial charge in [0.05, 0.1) is 6.10 Å². The SMILES string of the molecule is COC(CNC(=O)CC(C)C1CCNCC1)C(C)C.Cl. The molecule has 20 heavy (non-hydrogen) atoms. The molecule has 1 fully saturated rings. The van der Waals surface area contributed by atoms with E-state index in [0.29, 0.717) is 30.7 Å². The van der Waals surface area contributed by atoms with Gasteiger partial charge in [0.25, 0.3) is 0 Å². The summed E-state index contributed by atoms with van der Waals surface area (Å²) in [7, 11) is 1.70. The van der Waals surface area contributed by atoms with E-state index in [4.69, 9.17) is 4.74 Å². The predicted octanol–water partition coefficient (Wildman–Crippen LogP) is 2.22. The van der Waals surface area contributed by atoms with Gasteiger partial charge in [-0.2, -0.15) is 0 Å². The topological polar surface area (TPSA) is 50.4 Å². The number of amides is 1. The third-order valence-electron chi connectivity index (χ3n) is 4.24. The fourth-order valence-electron chi connectivity index (χ4n) is 2.75. The summed E-state index contributed by atoms with van der Waals surface area (Å²) in [5.41, 5.74) is 0. The second kappa shape index (κ2) is 10.4. The fourth-order valence-corrected chi connectivity index (χ4v) is 2.75. The molecular weight excluding hydrogens is 276 g/mol. The molecule has 2 atom stereocenters. The van der Waals surface area contributed by atoms with Gasteiger partial charge in [0.15, 0.2) is 0 Å². The van der Waals surface area contributed by atoms with Crippen LogP contribution in [0.2, 0.25) is 0 Å². The highest BCUT2D eigenvalue weighted by Gasteiger charge is 2.22. The summed E-state index contributed by atoms with van der Waals surface area (Å²) in [5.74, 6) is 1.75. The maximum atomic E-state index is 12.0. The molecule has 1 amide bonds. The van der Waals surface area contributed by atoms with Crippen LogP contribution in [0.25, 0.3) is 0 Å². The first-order chi connectivity index (χ1) is 9.04. The Kier molecular flexibility index (Phi) is 10.2. The van der Waals surface area contributed by atoms with Crippen LogP contribution < -0.4 is 10.6 Å². The van der Waals surface area contributed by atoms with Gasteiger partial charge in [0.2, 0.25) is 5.91 Å². The molecule has 0 aromatic heterocycles. The van der Waals surface area contributed by atoms with Gasteiger partial charge in [0.1, 0.15) is 0 Å². The van der Waals surface area contributed by atoms with E-state index < -0.39 is 0 Å². The molecule has 0 saturated carbocycles. The van der Waals surface area contributed by atoms with Crippen LogP contribution in [0.4, 0.5) is 0 Å². The Morgan fingerprint density at radius 3 is 2.40 bits per heavy atom. The molecule has 120 valence electrons. The molecule has 5 heteroatoms. The third kappa shape index (κ3) is 6.91. The highest BCUT2D eigenvalue weighted by molar-refractivity contribution is 5.85. The van der Waals surface area contributed by atoms with E-state index in [9.17, 15) is 4.79 Å².